The van der Waals surface area contributed by atoms with E-state index in [-0.39, 0.29) is 72.7 Å². The van der Waals surface area contributed by atoms with Gasteiger partial charge in [0.1, 0.15) is 29.4 Å². The number of carboxylic acids is 6. The first kappa shape index (κ1) is 73.5. The standard InChI is InChI=1S/C13H18O5S.C12H16O4S.C9H8O7S.C9H10O6S.C8H8O5S/c1-8-5-10(6-9(2)11(8)19(16)17)18-7-13(3,4)12(14)15;1-8(2)10-7-9(4-6-12(13)14)3-5-11(10)17(15)16;10-8(11)4-16-7-3-5(17(14)15)1-2-6(7)9(12)13;1-14-7-3-2-6(16(12)13)4-8(7)15-5-9(10)11;1-13-6-3-2-5(8(9)10)4-7(6)14(11)12/h5-6H,7H2,1-4H3,(H,14,15)(H,16,17);3,5,7-8H,4,6H2,1-2H3,(H,13,14)(H,15,16);1-3H,4H2,(H,10,11)(H,12,13)(H,14,15);2-4H,5H2,1H3,(H,10,11)(H,12,13);2-4H,1H3,(H,9,10)(H,11,12)/p-5. The van der Waals surface area contributed by atoms with Gasteiger partial charge in [-0.1, -0.05) is 26.0 Å². The smallest absolute Gasteiger partial charge is 0.341 e. The van der Waals surface area contributed by atoms with Crippen molar-refractivity contribution < 1.29 is 127 Å². The van der Waals surface area contributed by atoms with Crippen molar-refractivity contribution in [2.75, 3.05) is 34.0 Å². The van der Waals surface area contributed by atoms with Crippen molar-refractivity contribution in [2.45, 2.75) is 84.8 Å². The monoisotopic (exact) mass is 1260 g/mol. The quantitative estimate of drug-likeness (QED) is 0.0457. The van der Waals surface area contributed by atoms with Crippen LogP contribution in [-0.4, -0.2) is 144 Å². The van der Waals surface area contributed by atoms with Gasteiger partial charge in [0.2, 0.25) is 0 Å². The summed E-state index contributed by atoms with van der Waals surface area (Å²) in [4.78, 5) is 63.5. The van der Waals surface area contributed by atoms with E-state index in [1.807, 2.05) is 13.8 Å². The Morgan fingerprint density at radius 3 is 1.45 bits per heavy atom. The third kappa shape index (κ3) is 25.7. The van der Waals surface area contributed by atoms with Gasteiger partial charge in [0.25, 0.3) is 0 Å². The van der Waals surface area contributed by atoms with Crippen LogP contribution in [0, 0.1) is 19.3 Å². The summed E-state index contributed by atoms with van der Waals surface area (Å²) in [7, 11) is 2.68. The average molecular weight is 1260 g/mol. The van der Waals surface area contributed by atoms with Crippen LogP contribution in [0.25, 0.3) is 0 Å². The Bertz CT molecular complexity index is 3210. The Morgan fingerprint density at radius 2 is 1.02 bits per heavy atom. The van der Waals surface area contributed by atoms with Gasteiger partial charge in [-0.05, 0) is 190 Å². The molecule has 5 aromatic carbocycles. The Morgan fingerprint density at radius 1 is 0.530 bits per heavy atom. The minimum atomic E-state index is -2.55. The number of aromatic carboxylic acids is 2. The van der Waals surface area contributed by atoms with Gasteiger partial charge < -0.3 is 77.1 Å². The molecule has 83 heavy (non-hydrogen) atoms. The number of aryl methyl sites for hydroxylation is 3. The maximum absolute atomic E-state index is 11.0. The molecule has 456 valence electrons. The first-order chi connectivity index (χ1) is 38.6. The summed E-state index contributed by atoms with van der Waals surface area (Å²) in [5.74, 6) is -6.04. The van der Waals surface area contributed by atoms with Crippen LogP contribution in [0.3, 0.4) is 0 Å². The lowest BCUT2D eigenvalue weighted by molar-refractivity contribution is -0.148. The predicted molar refractivity (Wildman–Crippen MR) is 288 cm³/mol. The van der Waals surface area contributed by atoms with Crippen molar-refractivity contribution in [3.8, 4) is 28.7 Å². The lowest BCUT2D eigenvalue weighted by Gasteiger charge is -2.21. The molecule has 5 rings (SSSR count). The van der Waals surface area contributed by atoms with Gasteiger partial charge in [0.05, 0.1) is 30.1 Å². The van der Waals surface area contributed by atoms with Crippen molar-refractivity contribution in [2.24, 2.45) is 5.41 Å². The number of carboxylic acid groups (broad SMARTS) is 6. The third-order valence-corrected chi connectivity index (χ3v) is 13.9. The predicted octanol–water partition coefficient (Wildman–Crippen LogP) is 5.21. The van der Waals surface area contributed by atoms with E-state index in [1.54, 1.807) is 52.0 Å². The van der Waals surface area contributed by atoms with Gasteiger partial charge in [-0.25, -0.2) is 19.2 Å². The fraction of sp³-hybridized carbons (Fsp3) is 0.294. The Hall–Kier alpha value is -7.53. The van der Waals surface area contributed by atoms with Crippen LogP contribution >= 0.6 is 0 Å². The van der Waals surface area contributed by atoms with Gasteiger partial charge in [-0.3, -0.25) is 30.6 Å². The number of carbonyl (C=O) groups is 6. The highest BCUT2D eigenvalue weighted by Crippen LogP contribution is 2.30. The van der Waals surface area contributed by atoms with E-state index >= 15 is 0 Å². The van der Waals surface area contributed by atoms with Gasteiger partial charge in [-0.2, -0.15) is 0 Å². The average Bonchev–Trinajstić information content (AvgIpc) is 3.49. The van der Waals surface area contributed by atoms with E-state index in [2.05, 4.69) is 0 Å². The molecule has 0 spiro atoms. The summed E-state index contributed by atoms with van der Waals surface area (Å²) in [6.07, 6.45) is 0.470. The van der Waals surface area contributed by atoms with Crippen molar-refractivity contribution in [1.82, 2.24) is 0 Å². The number of hydrogen-bond donors (Lipinski definition) is 6. The molecule has 0 aliphatic rings. The van der Waals surface area contributed by atoms with Crippen LogP contribution in [0.15, 0.2) is 109 Å². The minimum Gasteiger partial charge on any atom is -0.768 e. The van der Waals surface area contributed by atoms with Crippen LogP contribution in [-0.2, 0) is 81.0 Å². The summed E-state index contributed by atoms with van der Waals surface area (Å²) in [6.45, 7) is 8.99. The highest BCUT2D eigenvalue weighted by Gasteiger charge is 2.28. The van der Waals surface area contributed by atoms with E-state index in [0.717, 1.165) is 35.4 Å². The van der Waals surface area contributed by atoms with Gasteiger partial charge in [-0.15, -0.1) is 0 Å². The molecule has 5 aromatic rings. The largest absolute Gasteiger partial charge is 0.768 e. The zero-order valence-electron chi connectivity index (χ0n) is 45.0. The van der Waals surface area contributed by atoms with Crippen LogP contribution in [0.5, 0.6) is 28.7 Å². The van der Waals surface area contributed by atoms with Crippen LogP contribution < -0.4 is 23.7 Å². The fourth-order valence-electron chi connectivity index (χ4n) is 6.18. The topological polar surface area (TPSA) is 471 Å². The molecule has 0 heterocycles. The highest BCUT2D eigenvalue weighted by atomic mass is 32.2. The van der Waals surface area contributed by atoms with Gasteiger partial charge in [0.15, 0.2) is 24.7 Å². The number of ether oxygens (including phenoxy) is 5. The first-order valence-electron chi connectivity index (χ1n) is 23.0. The molecule has 0 saturated carbocycles. The molecule has 0 aliphatic carbocycles. The van der Waals surface area contributed by atoms with E-state index in [0.29, 0.717) is 28.2 Å². The molecule has 5 unspecified atom stereocenters. The molecule has 27 nitrogen and oxygen atoms in total. The van der Waals surface area contributed by atoms with Gasteiger partial charge in [0, 0.05) is 26.0 Å². The molecule has 0 radical (unpaired) electrons. The molecule has 0 saturated heterocycles. The fourth-order valence-corrected chi connectivity index (χ4v) is 8.80. The summed E-state index contributed by atoms with van der Waals surface area (Å²) >= 11 is -12.0. The Labute approximate surface area is 487 Å². The number of benzene rings is 5. The Kier molecular flexibility index (Phi) is 31.4. The van der Waals surface area contributed by atoms with E-state index in [9.17, 15) is 72.6 Å². The molecule has 0 fully saturated rings. The summed E-state index contributed by atoms with van der Waals surface area (Å²) in [6, 6.07) is 18.8. The lowest BCUT2D eigenvalue weighted by atomic mass is 9.95. The number of methoxy groups -OCH3 is 2. The zero-order valence-corrected chi connectivity index (χ0v) is 49.1. The number of aliphatic carboxylic acids is 4. The molecule has 0 aromatic heterocycles. The maximum atomic E-state index is 11.0. The normalized spacial score (nSPS) is 12.4. The minimum absolute atomic E-state index is 0.00110. The highest BCUT2D eigenvalue weighted by molar-refractivity contribution is 7.80. The van der Waals surface area contributed by atoms with Crippen LogP contribution in [0.4, 0.5) is 0 Å². The SMILES string of the molecule is CC(C)c1cc(CCC(=O)O)ccc1S(=O)[O-].COc1ccc(C(=O)O)cc1S(=O)[O-].COc1ccc(S(=O)[O-])cc1OCC(=O)O.Cc1cc(OCC(C)(C)C(=O)O)cc(C)c1S(=O)[O-].O=C(O)COc1cc(S(=O)[O-])ccc1C(=O)O. The summed E-state index contributed by atoms with van der Waals surface area (Å²) < 4.78 is 133. The van der Waals surface area contributed by atoms with Crippen molar-refractivity contribution in [3.63, 3.8) is 0 Å². The maximum Gasteiger partial charge on any atom is 0.341 e. The molecule has 5 atom stereocenters. The van der Waals surface area contributed by atoms with E-state index in [1.165, 1.54) is 50.6 Å². The summed E-state index contributed by atoms with van der Waals surface area (Å²) in [5, 5.41) is 51.8. The van der Waals surface area contributed by atoms with Crippen molar-refractivity contribution in [1.29, 1.82) is 0 Å². The molecule has 0 bridgehead atoms. The first-order valence-corrected chi connectivity index (χ1v) is 28.4. The van der Waals surface area contributed by atoms with E-state index in [4.69, 9.17) is 54.3 Å². The number of hydrogen-bond acceptors (Lipinski definition) is 21. The second-order valence-electron chi connectivity index (χ2n) is 17.3. The zero-order chi connectivity index (χ0) is 63.6. The molecule has 32 heteroatoms. The number of rotatable bonds is 23. The summed E-state index contributed by atoms with van der Waals surface area (Å²) in [5.41, 5.74) is 1.35. The molecule has 0 aliphatic heterocycles. The molecule has 6 N–H and O–H groups in total. The van der Waals surface area contributed by atoms with Gasteiger partial charge >= 0.3 is 35.8 Å². The Balaban J connectivity index is 0.000000520. The molecular formula is C51H55O27S5-5. The van der Waals surface area contributed by atoms with Crippen molar-refractivity contribution in [3.05, 3.63) is 118 Å². The second kappa shape index (κ2) is 35.5. The second-order valence-corrected chi connectivity index (χ2v) is 21.8. The lowest BCUT2D eigenvalue weighted by Crippen LogP contribution is -2.30. The third-order valence-electron chi connectivity index (χ3n) is 10.3. The van der Waals surface area contributed by atoms with E-state index < -0.39 is 110 Å². The van der Waals surface area contributed by atoms with Crippen LogP contribution in [0.1, 0.15) is 83.0 Å². The van der Waals surface area contributed by atoms with Crippen LogP contribution in [0.2, 0.25) is 0 Å². The molecule has 0 amide bonds. The molecular weight excluding hydrogens is 1200 g/mol. The van der Waals surface area contributed by atoms with Crippen molar-refractivity contribution >= 4 is 91.2 Å².